The molecule has 1 aromatic rings. The predicted octanol–water partition coefficient (Wildman–Crippen LogP) is 18.0. The van der Waals surface area contributed by atoms with Gasteiger partial charge in [-0.05, 0) is 264 Å². The summed E-state index contributed by atoms with van der Waals surface area (Å²) >= 11 is 0. The minimum atomic E-state index is -5.90. The molecule has 0 aliphatic heterocycles. The van der Waals surface area contributed by atoms with E-state index >= 15 is 0 Å². The monoisotopic (exact) mass is 1350 g/mol. The zero-order valence-corrected chi connectivity index (χ0v) is 59.3. The van der Waals surface area contributed by atoms with Crippen molar-refractivity contribution in [2.45, 2.75) is 233 Å². The molecule has 12 bridgehead atoms. The summed E-state index contributed by atoms with van der Waals surface area (Å²) in [6.45, 7) is 42.6. The molecule has 6 atom stereocenters. The molecular weight excluding hydrogens is 1240 g/mol. The molecule has 6 unspecified atom stereocenters. The van der Waals surface area contributed by atoms with E-state index in [1.807, 2.05) is 19.1 Å². The summed E-state index contributed by atoms with van der Waals surface area (Å²) in [6, 6.07) is 7.00. The number of esters is 5. The molecule has 13 saturated carbocycles. The number of hydrogen-bond donors (Lipinski definition) is 3. The smallest absolute Gasteiger partial charge is 0.501 e. The molecule has 0 radical (unpaired) electrons. The van der Waals surface area contributed by atoms with Gasteiger partial charge >= 0.3 is 48.1 Å². The molecule has 0 spiro atoms. The highest BCUT2D eigenvalue weighted by molar-refractivity contribution is 5.88. The lowest BCUT2D eigenvalue weighted by Crippen LogP contribution is -2.60. The van der Waals surface area contributed by atoms with Crippen molar-refractivity contribution in [1.82, 2.24) is 0 Å². The Balaban J connectivity index is 0.000000235. The number of halogens is 5. The first-order valence-electron chi connectivity index (χ1n) is 33.9. The Morgan fingerprint density at radius 3 is 1.28 bits per heavy atom. The van der Waals surface area contributed by atoms with Crippen molar-refractivity contribution in [2.24, 2.45) is 75.9 Å². The molecule has 13 fully saturated rings. The third kappa shape index (κ3) is 21.8. The molecule has 13 aliphatic carbocycles. The fraction of sp³-hybridized carbons (Fsp3) is 0.662. The number of allylic oxidation sites excluding steroid dienone is 1. The first kappa shape index (κ1) is 82.1. The number of ether oxygens (including phenoxy) is 5. The lowest BCUT2D eigenvalue weighted by molar-refractivity contribution is -0.375. The number of carboxylic acid groups (broad SMARTS) is 1. The third-order valence-electron chi connectivity index (χ3n) is 22.6. The zero-order valence-electron chi connectivity index (χ0n) is 59.3. The quantitative estimate of drug-likeness (QED) is 0.0862. The molecule has 538 valence electrons. The molecule has 0 heterocycles. The van der Waals surface area contributed by atoms with Gasteiger partial charge in [-0.25, -0.2) is 28.8 Å². The number of carbonyl (C=O) groups excluding carboxylic acids is 5. The van der Waals surface area contributed by atoms with Crippen LogP contribution in [0, 0.1) is 75.9 Å². The fourth-order valence-electron chi connectivity index (χ4n) is 17.5. The SMILES string of the molecule is C1CC2C3CCC(C3)C2C1.C=C(C)C(=O)O.C=C(C)C(=O)OC.C=C(C)C(=O)OC(F)(F)C(F)(F)F.C=C(C)C(=O)OC1(C)C2CC3CC(C2)CC1C3.C=C(C)C(=O)OC12CC3CC(CC(O)(C3)C1)C2.C=C(C)c1ccc(O)cc1.C=CC(=O)OC.CC12CCC(CC1)C2(C)C. The Morgan fingerprint density at radius 2 is 0.979 bits per heavy atom. The van der Waals surface area contributed by atoms with E-state index < -0.39 is 47.0 Å². The number of aliphatic hydroxyl groups is 1. The Hall–Kier alpha value is -6.37. The minimum Gasteiger partial charge on any atom is -0.508 e. The van der Waals surface area contributed by atoms with Crippen LogP contribution in [0.3, 0.4) is 0 Å². The van der Waals surface area contributed by atoms with Crippen LogP contribution >= 0.6 is 0 Å². The molecule has 96 heavy (non-hydrogen) atoms. The van der Waals surface area contributed by atoms with Crippen molar-refractivity contribution in [3.05, 3.63) is 110 Å². The maximum Gasteiger partial charge on any atom is 0.501 e. The highest BCUT2D eigenvalue weighted by Gasteiger charge is 2.63. The Morgan fingerprint density at radius 1 is 0.552 bits per heavy atom. The largest absolute Gasteiger partial charge is 0.508 e. The summed E-state index contributed by atoms with van der Waals surface area (Å²) in [4.78, 5) is 63.5. The normalized spacial score (nSPS) is 32.0. The molecule has 19 heteroatoms. The molecule has 0 aromatic heterocycles. The molecule has 3 N–H and O–H groups in total. The van der Waals surface area contributed by atoms with Crippen LogP contribution in [-0.4, -0.2) is 94.4 Å². The van der Waals surface area contributed by atoms with Crippen LogP contribution in [0.4, 0.5) is 22.0 Å². The van der Waals surface area contributed by atoms with E-state index in [0.717, 1.165) is 67.6 Å². The molecule has 14 nitrogen and oxygen atoms in total. The topological polar surface area (TPSA) is 209 Å². The molecule has 1 aromatic carbocycles. The van der Waals surface area contributed by atoms with Gasteiger partial charge in [-0.3, -0.25) is 0 Å². The number of carbonyl (C=O) groups is 6. The van der Waals surface area contributed by atoms with Crippen molar-refractivity contribution in [1.29, 1.82) is 0 Å². The number of phenols is 1. The van der Waals surface area contributed by atoms with E-state index in [-0.39, 0.29) is 29.1 Å². The van der Waals surface area contributed by atoms with Gasteiger partial charge in [0.15, 0.2) is 0 Å². The maximum atomic E-state index is 11.9. The van der Waals surface area contributed by atoms with E-state index in [0.29, 0.717) is 63.4 Å². The Kier molecular flexibility index (Phi) is 29.0. The fourth-order valence-corrected chi connectivity index (χ4v) is 17.5. The second-order valence-electron chi connectivity index (χ2n) is 30.4. The first-order chi connectivity index (χ1) is 44.3. The average Bonchev–Trinajstić information content (AvgIpc) is 1.02. The van der Waals surface area contributed by atoms with Crippen molar-refractivity contribution in [2.75, 3.05) is 14.2 Å². The van der Waals surface area contributed by atoms with Crippen LogP contribution in [0.25, 0.3) is 5.57 Å². The van der Waals surface area contributed by atoms with E-state index in [2.05, 4.69) is 88.0 Å². The van der Waals surface area contributed by atoms with Gasteiger partial charge in [0, 0.05) is 40.4 Å². The van der Waals surface area contributed by atoms with E-state index in [1.54, 1.807) is 71.4 Å². The van der Waals surface area contributed by atoms with E-state index in [1.165, 1.54) is 109 Å². The van der Waals surface area contributed by atoms with E-state index in [4.69, 9.17) is 19.7 Å². The standard InChI is InChI=1S/C15H22O2.C14H20O3.C10H16.C10H18.C9H10O.C6H5F5O2.C5H8O2.2C4H6O2/c1-9(2)14(16)17-15(3)12-5-10-4-11(7-12)8-13(15)6-10;1-9(2)12(15)17-14-6-10-3-11(7-14)5-13(16,4-10)8-14;1-2-9-7-4-5-8(6-7)10(9)3-1;1-9(2)8-4-6-10(9,3)7-5-8;1-7(2)8-3-5-9(10)6-4-8;1-3(2)4(12)13-6(10,11)5(7,8)9;1-4(2)5(6)7-3;1-3-4(5)6-2;1-3(2)4(5)6/h10-13H,1,4-8H2,2-3H3;10-11,16H,1,3-8H2,2H3;7-10H,1-6H2;8H,4-7H2,1-3H3;3-6,10H,1H2,2H3;1H2,2H3;1H2,2-3H3;3H,1H2,2H3;1H2,2H3,(H,5,6). The predicted molar refractivity (Wildman–Crippen MR) is 361 cm³/mol. The van der Waals surface area contributed by atoms with Gasteiger partial charge in [0.1, 0.15) is 17.0 Å². The summed E-state index contributed by atoms with van der Waals surface area (Å²) in [5.41, 5.74) is 3.33. The van der Waals surface area contributed by atoms with Crippen molar-refractivity contribution in [3.63, 3.8) is 0 Å². The van der Waals surface area contributed by atoms with Crippen LogP contribution < -0.4 is 0 Å². The number of benzene rings is 1. The van der Waals surface area contributed by atoms with Crippen LogP contribution in [0.5, 0.6) is 5.75 Å². The van der Waals surface area contributed by atoms with Gasteiger partial charge in [0.05, 0.1) is 19.8 Å². The number of hydrogen-bond acceptors (Lipinski definition) is 13. The Bertz CT molecular complexity index is 2910. The van der Waals surface area contributed by atoms with Crippen molar-refractivity contribution < 1.29 is 89.7 Å². The molecular formula is C77H111F5O14. The summed E-state index contributed by atoms with van der Waals surface area (Å²) < 4.78 is 80.9. The van der Waals surface area contributed by atoms with Crippen molar-refractivity contribution in [3.8, 4) is 5.75 Å². The van der Waals surface area contributed by atoms with Gasteiger partial charge in [-0.15, -0.1) is 0 Å². The highest BCUT2D eigenvalue weighted by Crippen LogP contribution is 2.66. The minimum absolute atomic E-state index is 0.176. The van der Waals surface area contributed by atoms with E-state index in [9.17, 15) is 55.8 Å². The lowest BCUT2D eigenvalue weighted by atomic mass is 9.50. The van der Waals surface area contributed by atoms with Crippen LogP contribution in [0.15, 0.2) is 104 Å². The van der Waals surface area contributed by atoms with Crippen LogP contribution in [0.1, 0.15) is 210 Å². The zero-order chi connectivity index (χ0) is 72.9. The number of rotatable bonds is 10. The summed E-state index contributed by atoms with van der Waals surface area (Å²) in [5.74, 6) is 6.29. The number of aliphatic carboxylic acids is 1. The summed E-state index contributed by atoms with van der Waals surface area (Å²) in [6.07, 6.45) is 17.3. The van der Waals surface area contributed by atoms with Crippen molar-refractivity contribution >= 4 is 41.4 Å². The second-order valence-corrected chi connectivity index (χ2v) is 30.4. The van der Waals surface area contributed by atoms with Gasteiger partial charge in [-0.2, -0.15) is 22.0 Å². The van der Waals surface area contributed by atoms with Gasteiger partial charge < -0.3 is 39.0 Å². The van der Waals surface area contributed by atoms with Gasteiger partial charge in [-0.1, -0.05) is 91.0 Å². The lowest BCUT2D eigenvalue weighted by Gasteiger charge is -2.59. The number of fused-ring (bicyclic) bond motifs is 7. The molecule has 0 amide bonds. The first-order valence-corrected chi connectivity index (χ1v) is 33.9. The molecule has 13 aliphatic rings. The second kappa shape index (κ2) is 33.9. The number of alkyl halides is 5. The van der Waals surface area contributed by atoms with Gasteiger partial charge in [0.25, 0.3) is 0 Å². The Labute approximate surface area is 567 Å². The number of aromatic hydroxyl groups is 1. The summed E-state index contributed by atoms with van der Waals surface area (Å²) in [5, 5.41) is 27.3. The maximum absolute atomic E-state index is 11.9. The highest BCUT2D eigenvalue weighted by atomic mass is 19.4. The summed E-state index contributed by atoms with van der Waals surface area (Å²) in [7, 11) is 2.64. The molecule has 0 saturated heterocycles. The van der Waals surface area contributed by atoms with Gasteiger partial charge in [0.2, 0.25) is 0 Å². The average molecular weight is 1360 g/mol. The number of carboxylic acids is 1. The number of methoxy groups -OCH3 is 2. The van der Waals surface area contributed by atoms with Crippen LogP contribution in [-0.2, 0) is 52.5 Å². The number of phenolic OH excluding ortho intramolecular Hbond substituents is 1. The van der Waals surface area contributed by atoms with Crippen LogP contribution in [0.2, 0.25) is 0 Å². The molecule has 14 rings (SSSR count). The third-order valence-corrected chi connectivity index (χ3v) is 22.6.